The number of hydrogen-bond donors (Lipinski definition) is 1. The smallest absolute Gasteiger partial charge is 0.134 e. The molecule has 5 nitrogen and oxygen atoms in total. The topological polar surface area (TPSA) is 52.0 Å². The number of morpholine rings is 1. The largest absolute Gasteiger partial charge is 0.374 e. The van der Waals surface area contributed by atoms with Crippen LogP contribution in [0.25, 0.3) is 0 Å². The van der Waals surface area contributed by atoms with Gasteiger partial charge in [0.25, 0.3) is 0 Å². The zero-order valence-electron chi connectivity index (χ0n) is 6.73. The number of ether oxygens (including phenoxy) is 1. The van der Waals surface area contributed by atoms with E-state index in [-0.39, 0.29) is 6.10 Å². The van der Waals surface area contributed by atoms with E-state index >= 15 is 0 Å². The molecule has 2 heterocycles. The predicted molar refractivity (Wildman–Crippen MR) is 41.5 cm³/mol. The molecule has 65 valence electrons. The Morgan fingerprint density at radius 2 is 2.75 bits per heavy atom. The predicted octanol–water partition coefficient (Wildman–Crippen LogP) is -0.933. The third kappa shape index (κ3) is 1.80. The van der Waals surface area contributed by atoms with Crippen LogP contribution in [-0.4, -0.2) is 40.8 Å². The lowest BCUT2D eigenvalue weighted by Gasteiger charge is -2.22. The van der Waals surface area contributed by atoms with Crippen LogP contribution in [0.1, 0.15) is 0 Å². The SMILES string of the molecule is [c]1cn(CC2CNCCO2)nn1. The molecule has 1 radical (unpaired) electrons. The van der Waals surface area contributed by atoms with Gasteiger partial charge in [-0.1, -0.05) is 5.21 Å². The van der Waals surface area contributed by atoms with Gasteiger partial charge in [-0.05, 0) is 0 Å². The first-order valence-electron chi connectivity index (χ1n) is 4.03. The Hall–Kier alpha value is -0.940. The maximum Gasteiger partial charge on any atom is 0.134 e. The lowest BCUT2D eigenvalue weighted by atomic mass is 10.3. The van der Waals surface area contributed by atoms with Crippen LogP contribution in [0.3, 0.4) is 0 Å². The minimum atomic E-state index is 0.217. The average molecular weight is 167 g/mol. The van der Waals surface area contributed by atoms with Gasteiger partial charge in [0.2, 0.25) is 0 Å². The van der Waals surface area contributed by atoms with Gasteiger partial charge in [-0.3, -0.25) is 0 Å². The van der Waals surface area contributed by atoms with Gasteiger partial charge in [-0.15, -0.1) is 5.10 Å². The van der Waals surface area contributed by atoms with E-state index in [9.17, 15) is 0 Å². The van der Waals surface area contributed by atoms with Crippen molar-refractivity contribution in [2.75, 3.05) is 19.7 Å². The summed E-state index contributed by atoms with van der Waals surface area (Å²) in [5.41, 5.74) is 0. The highest BCUT2D eigenvalue weighted by Gasteiger charge is 2.13. The van der Waals surface area contributed by atoms with Crippen molar-refractivity contribution in [2.45, 2.75) is 12.6 Å². The molecule has 0 bridgehead atoms. The van der Waals surface area contributed by atoms with Gasteiger partial charge in [0, 0.05) is 13.1 Å². The van der Waals surface area contributed by atoms with E-state index in [0.29, 0.717) is 0 Å². The number of nitrogens with one attached hydrogen (secondary N) is 1. The molecule has 12 heavy (non-hydrogen) atoms. The molecule has 1 aliphatic rings. The van der Waals surface area contributed by atoms with Crippen molar-refractivity contribution < 1.29 is 4.74 Å². The molecule has 0 aromatic carbocycles. The van der Waals surface area contributed by atoms with E-state index in [1.54, 1.807) is 10.9 Å². The highest BCUT2D eigenvalue weighted by molar-refractivity contribution is 4.69. The lowest BCUT2D eigenvalue weighted by molar-refractivity contribution is 0.0158. The fourth-order valence-corrected chi connectivity index (χ4v) is 1.24. The number of rotatable bonds is 2. The zero-order valence-corrected chi connectivity index (χ0v) is 6.73. The monoisotopic (exact) mass is 167 g/mol. The Morgan fingerprint density at radius 3 is 3.42 bits per heavy atom. The second kappa shape index (κ2) is 3.64. The van der Waals surface area contributed by atoms with Gasteiger partial charge < -0.3 is 10.1 Å². The maximum atomic E-state index is 5.49. The van der Waals surface area contributed by atoms with E-state index in [4.69, 9.17) is 4.74 Å². The summed E-state index contributed by atoms with van der Waals surface area (Å²) in [6.45, 7) is 3.37. The van der Waals surface area contributed by atoms with Crippen LogP contribution in [0.15, 0.2) is 6.20 Å². The minimum Gasteiger partial charge on any atom is -0.374 e. The average Bonchev–Trinajstić information content (AvgIpc) is 2.59. The van der Waals surface area contributed by atoms with Crippen molar-refractivity contribution in [3.05, 3.63) is 12.4 Å². The molecule has 1 aromatic heterocycles. The summed E-state index contributed by atoms with van der Waals surface area (Å²) in [5.74, 6) is 0. The van der Waals surface area contributed by atoms with Crippen LogP contribution in [0, 0.1) is 6.20 Å². The van der Waals surface area contributed by atoms with Crippen molar-refractivity contribution >= 4 is 0 Å². The van der Waals surface area contributed by atoms with Crippen molar-refractivity contribution in [1.82, 2.24) is 20.3 Å². The van der Waals surface area contributed by atoms with Crippen molar-refractivity contribution in [3.63, 3.8) is 0 Å². The Labute approximate surface area is 70.7 Å². The van der Waals surface area contributed by atoms with E-state index in [1.807, 2.05) is 0 Å². The Morgan fingerprint density at radius 1 is 1.75 bits per heavy atom. The van der Waals surface area contributed by atoms with Gasteiger partial charge in [-0.2, -0.15) is 0 Å². The quantitative estimate of drug-likeness (QED) is 0.618. The molecule has 2 rings (SSSR count). The van der Waals surface area contributed by atoms with Crippen molar-refractivity contribution in [1.29, 1.82) is 0 Å². The van der Waals surface area contributed by atoms with Gasteiger partial charge in [0.15, 0.2) is 0 Å². The van der Waals surface area contributed by atoms with E-state index in [1.165, 1.54) is 0 Å². The fraction of sp³-hybridized carbons (Fsp3) is 0.714. The van der Waals surface area contributed by atoms with Crippen molar-refractivity contribution in [2.24, 2.45) is 0 Å². The van der Waals surface area contributed by atoms with Crippen LogP contribution in [0.5, 0.6) is 0 Å². The van der Waals surface area contributed by atoms with Crippen LogP contribution in [-0.2, 0) is 11.3 Å². The van der Waals surface area contributed by atoms with Gasteiger partial charge >= 0.3 is 0 Å². The van der Waals surface area contributed by atoms with Gasteiger partial charge in [-0.25, -0.2) is 4.68 Å². The lowest BCUT2D eigenvalue weighted by Crippen LogP contribution is -2.40. The van der Waals surface area contributed by atoms with Crippen LogP contribution < -0.4 is 5.32 Å². The normalized spacial score (nSPS) is 24.2. The van der Waals surface area contributed by atoms with Crippen molar-refractivity contribution in [3.8, 4) is 0 Å². The molecule has 0 aliphatic carbocycles. The van der Waals surface area contributed by atoms with Crippen LogP contribution in [0.4, 0.5) is 0 Å². The molecule has 1 saturated heterocycles. The Kier molecular flexibility index (Phi) is 2.33. The molecule has 1 unspecified atom stereocenters. The first kappa shape index (κ1) is 7.70. The second-order valence-corrected chi connectivity index (χ2v) is 2.77. The molecule has 1 fully saturated rings. The minimum absolute atomic E-state index is 0.217. The molecule has 1 aliphatic heterocycles. The van der Waals surface area contributed by atoms with E-state index in [0.717, 1.165) is 26.2 Å². The molecular weight excluding hydrogens is 156 g/mol. The van der Waals surface area contributed by atoms with Gasteiger partial charge in [0.05, 0.1) is 25.5 Å². The standard InChI is InChI=1S/C7H11N4O/c1-3-11(10-9-1)6-7-5-8-2-4-12-7/h3,7-8H,2,4-6H2. The summed E-state index contributed by atoms with van der Waals surface area (Å²) in [6, 6.07) is 0. The zero-order chi connectivity index (χ0) is 8.23. The summed E-state index contributed by atoms with van der Waals surface area (Å²) in [6.07, 6.45) is 4.58. The third-order valence-electron chi connectivity index (χ3n) is 1.82. The number of aromatic nitrogens is 3. The first-order valence-corrected chi connectivity index (χ1v) is 4.03. The molecule has 1 atom stereocenters. The third-order valence-corrected chi connectivity index (χ3v) is 1.82. The van der Waals surface area contributed by atoms with Gasteiger partial charge in [0.1, 0.15) is 6.20 Å². The summed E-state index contributed by atoms with van der Waals surface area (Å²) in [7, 11) is 0. The van der Waals surface area contributed by atoms with Crippen LogP contribution in [0.2, 0.25) is 0 Å². The molecule has 0 saturated carbocycles. The molecule has 5 heteroatoms. The van der Waals surface area contributed by atoms with Crippen LogP contribution >= 0.6 is 0 Å². The second-order valence-electron chi connectivity index (χ2n) is 2.77. The molecule has 0 spiro atoms. The summed E-state index contributed by atoms with van der Waals surface area (Å²) in [4.78, 5) is 0. The number of hydrogen-bond acceptors (Lipinski definition) is 4. The summed E-state index contributed by atoms with van der Waals surface area (Å²) < 4.78 is 7.22. The molecule has 0 amide bonds. The molecule has 1 N–H and O–H groups in total. The number of nitrogens with zero attached hydrogens (tertiary/aromatic N) is 3. The van der Waals surface area contributed by atoms with E-state index in [2.05, 4.69) is 21.8 Å². The molecular formula is C7H11N4O. The molecule has 1 aromatic rings. The Balaban J connectivity index is 1.86. The van der Waals surface area contributed by atoms with E-state index < -0.39 is 0 Å². The maximum absolute atomic E-state index is 5.49. The summed E-state index contributed by atoms with van der Waals surface area (Å²) in [5, 5.41) is 10.7. The summed E-state index contributed by atoms with van der Waals surface area (Å²) >= 11 is 0. The first-order chi connectivity index (χ1) is 5.95. The Bertz CT molecular complexity index is 217. The highest BCUT2D eigenvalue weighted by atomic mass is 16.5. The fourth-order valence-electron chi connectivity index (χ4n) is 1.24. The highest BCUT2D eigenvalue weighted by Crippen LogP contribution is 1.98.